The molecule has 0 unspecified atom stereocenters. The second kappa shape index (κ2) is 7.62. The van der Waals surface area contributed by atoms with Crippen LogP contribution in [0.5, 0.6) is 0 Å². The third-order valence-electron chi connectivity index (χ3n) is 3.88. The van der Waals surface area contributed by atoms with Crippen molar-refractivity contribution in [3.05, 3.63) is 45.7 Å². The molecule has 0 radical (unpaired) electrons. The molecule has 124 valence electrons. The van der Waals surface area contributed by atoms with Crippen LogP contribution in [0.15, 0.2) is 18.2 Å². The number of aromatic amines is 1. The second-order valence-electron chi connectivity index (χ2n) is 5.91. The predicted octanol–water partition coefficient (Wildman–Crippen LogP) is 3.10. The molecule has 0 atom stereocenters. The lowest BCUT2D eigenvalue weighted by molar-refractivity contribution is -0.117. The first-order valence-electron chi connectivity index (χ1n) is 7.62. The summed E-state index contributed by atoms with van der Waals surface area (Å²) in [6.07, 6.45) is 0.873. The monoisotopic (exact) mass is 334 g/mol. The Hall–Kier alpha value is -1.85. The summed E-state index contributed by atoms with van der Waals surface area (Å²) in [5, 5.41) is 10.8. The van der Waals surface area contributed by atoms with Crippen LogP contribution >= 0.6 is 11.6 Å². The zero-order valence-corrected chi connectivity index (χ0v) is 14.8. The fourth-order valence-electron chi connectivity index (χ4n) is 2.49. The van der Waals surface area contributed by atoms with E-state index in [9.17, 15) is 4.79 Å². The van der Waals surface area contributed by atoms with Gasteiger partial charge in [0.15, 0.2) is 0 Å². The van der Waals surface area contributed by atoms with Crippen molar-refractivity contribution in [3.8, 4) is 0 Å². The molecule has 0 aliphatic carbocycles. The van der Waals surface area contributed by atoms with E-state index in [0.717, 1.165) is 35.6 Å². The predicted molar refractivity (Wildman–Crippen MR) is 94.1 cm³/mol. The third kappa shape index (κ3) is 4.81. The Balaban J connectivity index is 1.83. The highest BCUT2D eigenvalue weighted by molar-refractivity contribution is 6.31. The Labute approximate surface area is 142 Å². The third-order valence-corrected chi connectivity index (χ3v) is 4.30. The van der Waals surface area contributed by atoms with Gasteiger partial charge in [0.1, 0.15) is 0 Å². The fourth-order valence-corrected chi connectivity index (χ4v) is 2.61. The summed E-state index contributed by atoms with van der Waals surface area (Å²) >= 11 is 5.99. The summed E-state index contributed by atoms with van der Waals surface area (Å²) < 4.78 is 0. The summed E-state index contributed by atoms with van der Waals surface area (Å²) in [5.41, 5.74) is 5.06. The SMILES string of the molecule is Cc1cc(NC(=O)CN(C)CCc2c(C)n[nH]c2C)ccc1Cl. The van der Waals surface area contributed by atoms with Gasteiger partial charge in [-0.2, -0.15) is 5.10 Å². The number of H-pyrrole nitrogens is 1. The molecule has 5 nitrogen and oxygen atoms in total. The van der Waals surface area contributed by atoms with Crippen molar-refractivity contribution in [1.82, 2.24) is 15.1 Å². The van der Waals surface area contributed by atoms with Crippen LogP contribution in [0.3, 0.4) is 0 Å². The zero-order valence-electron chi connectivity index (χ0n) is 14.0. The summed E-state index contributed by atoms with van der Waals surface area (Å²) in [7, 11) is 1.94. The molecule has 2 N–H and O–H groups in total. The number of likely N-dealkylation sites (N-methyl/N-ethyl adjacent to an activating group) is 1. The van der Waals surface area contributed by atoms with Gasteiger partial charge < -0.3 is 5.32 Å². The van der Waals surface area contributed by atoms with E-state index < -0.39 is 0 Å². The Morgan fingerprint density at radius 3 is 2.70 bits per heavy atom. The van der Waals surface area contributed by atoms with Gasteiger partial charge in [-0.15, -0.1) is 0 Å². The van der Waals surface area contributed by atoms with Gasteiger partial charge in [0.2, 0.25) is 5.91 Å². The average molecular weight is 335 g/mol. The molecule has 1 amide bonds. The minimum atomic E-state index is -0.0325. The van der Waals surface area contributed by atoms with E-state index in [2.05, 4.69) is 15.5 Å². The second-order valence-corrected chi connectivity index (χ2v) is 6.32. The van der Waals surface area contributed by atoms with Gasteiger partial charge >= 0.3 is 0 Å². The summed E-state index contributed by atoms with van der Waals surface area (Å²) in [6, 6.07) is 5.48. The molecule has 0 saturated heterocycles. The Morgan fingerprint density at radius 2 is 2.09 bits per heavy atom. The molecule has 2 aromatic rings. The number of aryl methyl sites for hydroxylation is 3. The number of nitrogens with one attached hydrogen (secondary N) is 2. The molecule has 0 aliphatic rings. The molecule has 0 saturated carbocycles. The molecule has 0 fully saturated rings. The fraction of sp³-hybridized carbons (Fsp3) is 0.412. The minimum Gasteiger partial charge on any atom is -0.325 e. The van der Waals surface area contributed by atoms with Crippen LogP contribution in [-0.2, 0) is 11.2 Å². The minimum absolute atomic E-state index is 0.0325. The van der Waals surface area contributed by atoms with Gasteiger partial charge in [-0.3, -0.25) is 14.8 Å². The number of aromatic nitrogens is 2. The van der Waals surface area contributed by atoms with Crippen molar-refractivity contribution in [2.75, 3.05) is 25.5 Å². The molecule has 0 aliphatic heterocycles. The first kappa shape index (κ1) is 17.5. The van der Waals surface area contributed by atoms with E-state index in [1.165, 1.54) is 5.56 Å². The number of halogens is 1. The zero-order chi connectivity index (χ0) is 17.0. The van der Waals surface area contributed by atoms with Crippen LogP contribution in [-0.4, -0.2) is 41.1 Å². The van der Waals surface area contributed by atoms with Crippen molar-refractivity contribution in [1.29, 1.82) is 0 Å². The normalized spacial score (nSPS) is 11.0. The number of benzene rings is 1. The number of hydrogen-bond acceptors (Lipinski definition) is 3. The summed E-state index contributed by atoms with van der Waals surface area (Å²) in [4.78, 5) is 14.1. The number of rotatable bonds is 6. The van der Waals surface area contributed by atoms with E-state index >= 15 is 0 Å². The van der Waals surface area contributed by atoms with Crippen LogP contribution < -0.4 is 5.32 Å². The van der Waals surface area contributed by atoms with Crippen LogP contribution in [0.1, 0.15) is 22.5 Å². The Bertz CT molecular complexity index is 676. The van der Waals surface area contributed by atoms with Gasteiger partial charge in [0.05, 0.1) is 12.2 Å². The van der Waals surface area contributed by atoms with Gasteiger partial charge in [-0.1, -0.05) is 11.6 Å². The van der Waals surface area contributed by atoms with Crippen LogP contribution in [0.2, 0.25) is 5.02 Å². The van der Waals surface area contributed by atoms with E-state index in [1.807, 2.05) is 44.9 Å². The molecule has 0 spiro atoms. The molecule has 0 bridgehead atoms. The average Bonchev–Trinajstić information content (AvgIpc) is 2.79. The maximum absolute atomic E-state index is 12.1. The van der Waals surface area contributed by atoms with Gasteiger partial charge in [0.25, 0.3) is 0 Å². The van der Waals surface area contributed by atoms with Crippen molar-refractivity contribution < 1.29 is 4.79 Å². The van der Waals surface area contributed by atoms with Gasteiger partial charge in [0, 0.05) is 22.9 Å². The van der Waals surface area contributed by atoms with Crippen molar-refractivity contribution in [2.24, 2.45) is 0 Å². The number of nitrogens with zero attached hydrogens (tertiary/aromatic N) is 2. The number of amides is 1. The lowest BCUT2D eigenvalue weighted by atomic mass is 10.1. The van der Waals surface area contributed by atoms with E-state index in [1.54, 1.807) is 6.07 Å². The van der Waals surface area contributed by atoms with Gasteiger partial charge in [-0.05, 0) is 63.6 Å². The molecule has 6 heteroatoms. The highest BCUT2D eigenvalue weighted by Gasteiger charge is 2.11. The summed E-state index contributed by atoms with van der Waals surface area (Å²) in [6.45, 7) is 7.07. The molecule has 1 heterocycles. The smallest absolute Gasteiger partial charge is 0.238 e. The highest BCUT2D eigenvalue weighted by Crippen LogP contribution is 2.19. The van der Waals surface area contributed by atoms with E-state index in [4.69, 9.17) is 11.6 Å². The standard InChI is InChI=1S/C17H23ClN4O/c1-11-9-14(5-6-16(11)18)19-17(23)10-22(4)8-7-15-12(2)20-21-13(15)3/h5-6,9H,7-8,10H2,1-4H3,(H,19,23)(H,20,21). The molecule has 1 aromatic heterocycles. The van der Waals surface area contributed by atoms with Crippen LogP contribution in [0, 0.1) is 20.8 Å². The number of anilines is 1. The maximum Gasteiger partial charge on any atom is 0.238 e. The maximum atomic E-state index is 12.1. The number of hydrogen-bond donors (Lipinski definition) is 2. The first-order valence-corrected chi connectivity index (χ1v) is 7.99. The van der Waals surface area contributed by atoms with Crippen LogP contribution in [0.4, 0.5) is 5.69 Å². The molecular weight excluding hydrogens is 312 g/mol. The van der Waals surface area contributed by atoms with Crippen molar-refractivity contribution >= 4 is 23.2 Å². The first-order chi connectivity index (χ1) is 10.9. The molecule has 1 aromatic carbocycles. The largest absolute Gasteiger partial charge is 0.325 e. The topological polar surface area (TPSA) is 61.0 Å². The Kier molecular flexibility index (Phi) is 5.80. The quantitative estimate of drug-likeness (QED) is 0.853. The van der Waals surface area contributed by atoms with E-state index in [0.29, 0.717) is 11.6 Å². The highest BCUT2D eigenvalue weighted by atomic mass is 35.5. The van der Waals surface area contributed by atoms with Crippen molar-refractivity contribution in [2.45, 2.75) is 27.2 Å². The Morgan fingerprint density at radius 1 is 1.35 bits per heavy atom. The van der Waals surface area contributed by atoms with Crippen molar-refractivity contribution in [3.63, 3.8) is 0 Å². The number of carbonyl (C=O) groups excluding carboxylic acids is 1. The molecule has 23 heavy (non-hydrogen) atoms. The molecular formula is C17H23ClN4O. The summed E-state index contributed by atoms with van der Waals surface area (Å²) in [5.74, 6) is -0.0325. The lowest BCUT2D eigenvalue weighted by Gasteiger charge is -2.16. The van der Waals surface area contributed by atoms with Crippen LogP contribution in [0.25, 0.3) is 0 Å². The van der Waals surface area contributed by atoms with Gasteiger partial charge in [-0.25, -0.2) is 0 Å². The lowest BCUT2D eigenvalue weighted by Crippen LogP contribution is -2.31. The van der Waals surface area contributed by atoms with E-state index in [-0.39, 0.29) is 5.91 Å². The molecule has 2 rings (SSSR count). The number of carbonyl (C=O) groups is 1.